The second-order valence-electron chi connectivity index (χ2n) is 8.01. The van der Waals surface area contributed by atoms with Crippen molar-refractivity contribution >= 4 is 28.8 Å². The second kappa shape index (κ2) is 8.41. The first-order chi connectivity index (χ1) is 14.0. The first-order valence-corrected chi connectivity index (χ1v) is 10.5. The average Bonchev–Trinajstić information content (AvgIpc) is 3.16. The topological polar surface area (TPSA) is 62.5 Å². The number of amides is 1. The van der Waals surface area contributed by atoms with E-state index in [1.165, 1.54) is 0 Å². The van der Waals surface area contributed by atoms with Gasteiger partial charge >= 0.3 is 0 Å². The van der Waals surface area contributed by atoms with Gasteiger partial charge in [0.25, 0.3) is 0 Å². The third-order valence-electron chi connectivity index (χ3n) is 5.30. The molecule has 2 aromatic heterocycles. The molecule has 1 N–H and O–H groups in total. The average molecular weight is 412 g/mol. The van der Waals surface area contributed by atoms with E-state index in [-0.39, 0.29) is 11.8 Å². The SMILES string of the molecule is CC(C)CNC(=O)[C@H]1CCCN(c2nccn3nc(-c4ccccc4Cl)cc23)C1. The molecule has 1 amide bonds. The van der Waals surface area contributed by atoms with Gasteiger partial charge in [0, 0.05) is 37.6 Å². The molecule has 3 aromatic rings. The fraction of sp³-hybridized carbons (Fsp3) is 0.409. The van der Waals surface area contributed by atoms with Gasteiger partial charge in [0.15, 0.2) is 5.82 Å². The molecule has 29 heavy (non-hydrogen) atoms. The Balaban J connectivity index is 1.60. The maximum absolute atomic E-state index is 12.6. The fourth-order valence-electron chi connectivity index (χ4n) is 3.79. The summed E-state index contributed by atoms with van der Waals surface area (Å²) < 4.78 is 1.84. The molecule has 3 heterocycles. The van der Waals surface area contributed by atoms with Crippen LogP contribution in [-0.2, 0) is 4.79 Å². The third-order valence-corrected chi connectivity index (χ3v) is 5.63. The van der Waals surface area contributed by atoms with Crippen LogP contribution in [0, 0.1) is 11.8 Å². The molecule has 0 unspecified atom stereocenters. The van der Waals surface area contributed by atoms with Crippen molar-refractivity contribution in [2.45, 2.75) is 26.7 Å². The largest absolute Gasteiger partial charge is 0.356 e. The van der Waals surface area contributed by atoms with Gasteiger partial charge in [-0.25, -0.2) is 9.50 Å². The number of fused-ring (bicyclic) bond motifs is 1. The van der Waals surface area contributed by atoms with Crippen LogP contribution in [0.5, 0.6) is 0 Å². The number of nitrogens with zero attached hydrogens (tertiary/aromatic N) is 4. The molecule has 7 heteroatoms. The number of nitrogens with one attached hydrogen (secondary N) is 1. The molecule has 4 rings (SSSR count). The minimum atomic E-state index is -0.0180. The van der Waals surface area contributed by atoms with E-state index in [2.05, 4.69) is 34.1 Å². The van der Waals surface area contributed by atoms with E-state index in [4.69, 9.17) is 11.6 Å². The van der Waals surface area contributed by atoms with E-state index < -0.39 is 0 Å². The Hall–Kier alpha value is -2.60. The van der Waals surface area contributed by atoms with Crippen LogP contribution in [0.3, 0.4) is 0 Å². The highest BCUT2D eigenvalue weighted by atomic mass is 35.5. The van der Waals surface area contributed by atoms with Gasteiger partial charge in [-0.2, -0.15) is 5.10 Å². The molecule has 0 aliphatic carbocycles. The molecule has 152 valence electrons. The number of halogens is 1. The van der Waals surface area contributed by atoms with Crippen molar-refractivity contribution in [3.05, 3.63) is 47.7 Å². The lowest BCUT2D eigenvalue weighted by Gasteiger charge is -2.33. The molecule has 1 aliphatic rings. The summed E-state index contributed by atoms with van der Waals surface area (Å²) >= 11 is 6.36. The first-order valence-electron chi connectivity index (χ1n) is 10.1. The smallest absolute Gasteiger partial charge is 0.224 e. The Morgan fingerprint density at radius 3 is 2.97 bits per heavy atom. The quantitative estimate of drug-likeness (QED) is 0.688. The maximum atomic E-state index is 12.6. The van der Waals surface area contributed by atoms with Crippen molar-refractivity contribution in [3.8, 4) is 11.3 Å². The van der Waals surface area contributed by atoms with Gasteiger partial charge < -0.3 is 10.2 Å². The zero-order valence-corrected chi connectivity index (χ0v) is 17.6. The van der Waals surface area contributed by atoms with Crippen molar-refractivity contribution in [1.29, 1.82) is 0 Å². The number of piperidine rings is 1. The molecule has 0 saturated carbocycles. The van der Waals surface area contributed by atoms with Gasteiger partial charge in [-0.1, -0.05) is 43.6 Å². The summed E-state index contributed by atoms with van der Waals surface area (Å²) in [6.07, 6.45) is 5.48. The van der Waals surface area contributed by atoms with E-state index >= 15 is 0 Å². The first kappa shape index (κ1) is 19.7. The normalized spacial score (nSPS) is 17.1. The van der Waals surface area contributed by atoms with Gasteiger partial charge in [-0.15, -0.1) is 0 Å². The number of aromatic nitrogens is 3. The van der Waals surface area contributed by atoms with E-state index in [9.17, 15) is 4.79 Å². The highest BCUT2D eigenvalue weighted by Crippen LogP contribution is 2.31. The van der Waals surface area contributed by atoms with E-state index in [1.54, 1.807) is 6.20 Å². The van der Waals surface area contributed by atoms with Crippen molar-refractivity contribution in [2.75, 3.05) is 24.5 Å². The minimum absolute atomic E-state index is 0.0180. The summed E-state index contributed by atoms with van der Waals surface area (Å²) in [5, 5.41) is 8.43. The van der Waals surface area contributed by atoms with Gasteiger partial charge in [0.2, 0.25) is 5.91 Å². The summed E-state index contributed by atoms with van der Waals surface area (Å²) in [5.41, 5.74) is 2.63. The van der Waals surface area contributed by atoms with Crippen LogP contribution in [-0.4, -0.2) is 40.1 Å². The molecule has 1 atom stereocenters. The van der Waals surface area contributed by atoms with Crippen LogP contribution in [0.4, 0.5) is 5.82 Å². The predicted octanol–water partition coefficient (Wildman–Crippen LogP) is 4.04. The summed E-state index contributed by atoms with van der Waals surface area (Å²) in [7, 11) is 0. The molecule has 1 saturated heterocycles. The highest BCUT2D eigenvalue weighted by molar-refractivity contribution is 6.33. The molecule has 6 nitrogen and oxygen atoms in total. The van der Waals surface area contributed by atoms with Gasteiger partial charge in [-0.05, 0) is 30.9 Å². The molecule has 0 bridgehead atoms. The number of anilines is 1. The molecular weight excluding hydrogens is 386 g/mol. The number of carbonyl (C=O) groups excluding carboxylic acids is 1. The van der Waals surface area contributed by atoms with Gasteiger partial charge in [0.05, 0.1) is 16.6 Å². The predicted molar refractivity (Wildman–Crippen MR) is 116 cm³/mol. The Labute approximate surface area is 175 Å². The minimum Gasteiger partial charge on any atom is -0.356 e. The molecule has 1 fully saturated rings. The Morgan fingerprint density at radius 1 is 1.34 bits per heavy atom. The lowest BCUT2D eigenvalue weighted by atomic mass is 9.97. The van der Waals surface area contributed by atoms with Crippen LogP contribution in [0.25, 0.3) is 16.8 Å². The van der Waals surface area contributed by atoms with Crippen molar-refractivity contribution in [2.24, 2.45) is 11.8 Å². The molecule has 1 aliphatic heterocycles. The molecule has 0 radical (unpaired) electrons. The van der Waals surface area contributed by atoms with Crippen LogP contribution >= 0.6 is 11.6 Å². The van der Waals surface area contributed by atoms with E-state index in [0.717, 1.165) is 42.0 Å². The number of hydrogen-bond donors (Lipinski definition) is 1. The van der Waals surface area contributed by atoms with Crippen molar-refractivity contribution in [3.63, 3.8) is 0 Å². The van der Waals surface area contributed by atoms with Gasteiger partial charge in [0.1, 0.15) is 5.52 Å². The highest BCUT2D eigenvalue weighted by Gasteiger charge is 2.27. The number of benzene rings is 1. The summed E-state index contributed by atoms with van der Waals surface area (Å²) in [6, 6.07) is 9.71. The van der Waals surface area contributed by atoms with E-state index in [0.29, 0.717) is 24.0 Å². The number of hydrogen-bond acceptors (Lipinski definition) is 4. The van der Waals surface area contributed by atoms with Crippen LogP contribution in [0.15, 0.2) is 42.7 Å². The molecular formula is C22H26ClN5O. The summed E-state index contributed by atoms with van der Waals surface area (Å²) in [6.45, 7) is 6.48. The zero-order chi connectivity index (χ0) is 20.4. The monoisotopic (exact) mass is 411 g/mol. The number of rotatable bonds is 5. The lowest BCUT2D eigenvalue weighted by Crippen LogP contribution is -2.44. The lowest BCUT2D eigenvalue weighted by molar-refractivity contribution is -0.125. The third kappa shape index (κ3) is 4.22. The maximum Gasteiger partial charge on any atom is 0.224 e. The van der Waals surface area contributed by atoms with Crippen LogP contribution < -0.4 is 10.2 Å². The van der Waals surface area contributed by atoms with Crippen molar-refractivity contribution in [1.82, 2.24) is 19.9 Å². The fourth-order valence-corrected chi connectivity index (χ4v) is 4.02. The van der Waals surface area contributed by atoms with Gasteiger partial charge in [-0.3, -0.25) is 4.79 Å². The van der Waals surface area contributed by atoms with E-state index in [1.807, 2.05) is 41.0 Å². The Bertz CT molecular complexity index is 1020. The van der Waals surface area contributed by atoms with Crippen LogP contribution in [0.2, 0.25) is 5.02 Å². The summed E-state index contributed by atoms with van der Waals surface area (Å²) in [4.78, 5) is 19.4. The Morgan fingerprint density at radius 2 is 2.17 bits per heavy atom. The molecule has 1 aromatic carbocycles. The van der Waals surface area contributed by atoms with Crippen molar-refractivity contribution < 1.29 is 4.79 Å². The number of carbonyl (C=O) groups is 1. The standard InChI is InChI=1S/C22H26ClN5O/c1-15(2)13-25-22(29)16-6-5-10-27(14-16)21-20-12-19(26-28(20)11-9-24-21)17-7-3-4-8-18(17)23/h3-4,7-9,11-12,15-16H,5-6,10,13-14H2,1-2H3,(H,25,29)/t16-/m0/s1. The zero-order valence-electron chi connectivity index (χ0n) is 16.8. The van der Waals surface area contributed by atoms with Crippen LogP contribution in [0.1, 0.15) is 26.7 Å². The molecule has 0 spiro atoms. The summed E-state index contributed by atoms with van der Waals surface area (Å²) in [5.74, 6) is 1.43. The second-order valence-corrected chi connectivity index (χ2v) is 8.42. The Kier molecular flexibility index (Phi) is 5.72.